The van der Waals surface area contributed by atoms with Crippen molar-refractivity contribution < 1.29 is 8.78 Å². The molecule has 1 aromatic carbocycles. The highest BCUT2D eigenvalue weighted by atomic mass is 35.5. The van der Waals surface area contributed by atoms with Crippen LogP contribution in [0.5, 0.6) is 0 Å². The SMILES string of the molecule is FC(F)CNCCC1(c2ccc(Cl)c(Cl)c2)CCCNC1. The maximum absolute atomic E-state index is 12.2. The molecule has 1 aliphatic rings. The number of rotatable bonds is 6. The zero-order valence-electron chi connectivity index (χ0n) is 11.8. The molecular weight excluding hydrogens is 317 g/mol. The van der Waals surface area contributed by atoms with Crippen molar-refractivity contribution in [3.8, 4) is 0 Å². The molecule has 2 rings (SSSR count). The van der Waals surface area contributed by atoms with Crippen LogP contribution in [0.15, 0.2) is 18.2 Å². The van der Waals surface area contributed by atoms with Gasteiger partial charge in [0.25, 0.3) is 6.43 Å². The fourth-order valence-electron chi connectivity index (χ4n) is 2.94. The van der Waals surface area contributed by atoms with Gasteiger partial charge < -0.3 is 10.6 Å². The van der Waals surface area contributed by atoms with Gasteiger partial charge in [0.05, 0.1) is 16.6 Å². The van der Waals surface area contributed by atoms with Crippen molar-refractivity contribution in [1.82, 2.24) is 10.6 Å². The summed E-state index contributed by atoms with van der Waals surface area (Å²) in [5.74, 6) is 0. The van der Waals surface area contributed by atoms with E-state index in [1.165, 1.54) is 0 Å². The van der Waals surface area contributed by atoms with E-state index in [9.17, 15) is 8.78 Å². The predicted octanol–water partition coefficient (Wildman–Crippen LogP) is 3.86. The lowest BCUT2D eigenvalue weighted by Crippen LogP contribution is -2.45. The zero-order chi connectivity index (χ0) is 15.3. The molecule has 1 heterocycles. The Morgan fingerprint density at radius 1 is 1.29 bits per heavy atom. The van der Waals surface area contributed by atoms with E-state index >= 15 is 0 Å². The summed E-state index contributed by atoms with van der Waals surface area (Å²) in [6.07, 6.45) is 0.573. The summed E-state index contributed by atoms with van der Waals surface area (Å²) in [5.41, 5.74) is 1.06. The molecule has 1 saturated heterocycles. The Bertz CT molecular complexity index is 463. The molecule has 1 fully saturated rings. The Labute approximate surface area is 134 Å². The first-order chi connectivity index (χ1) is 10.0. The Hall–Kier alpha value is -0.420. The normalized spacial score (nSPS) is 22.7. The van der Waals surface area contributed by atoms with E-state index < -0.39 is 6.43 Å². The highest BCUT2D eigenvalue weighted by Gasteiger charge is 2.33. The molecule has 2 N–H and O–H groups in total. The van der Waals surface area contributed by atoms with Gasteiger partial charge in [-0.2, -0.15) is 0 Å². The Morgan fingerprint density at radius 2 is 2.10 bits per heavy atom. The molecule has 1 unspecified atom stereocenters. The minimum atomic E-state index is -2.31. The third-order valence-electron chi connectivity index (χ3n) is 4.08. The molecule has 6 heteroatoms. The monoisotopic (exact) mass is 336 g/mol. The molecule has 1 atom stereocenters. The average molecular weight is 337 g/mol. The van der Waals surface area contributed by atoms with Crippen LogP contribution in [0.25, 0.3) is 0 Å². The fourth-order valence-corrected chi connectivity index (χ4v) is 3.23. The zero-order valence-corrected chi connectivity index (χ0v) is 13.3. The number of hydrogen-bond donors (Lipinski definition) is 2. The lowest BCUT2D eigenvalue weighted by atomic mass is 9.72. The minimum absolute atomic E-state index is 0.0679. The van der Waals surface area contributed by atoms with E-state index in [0.29, 0.717) is 16.6 Å². The molecular formula is C15H20Cl2F2N2. The fraction of sp³-hybridized carbons (Fsp3) is 0.600. The van der Waals surface area contributed by atoms with Gasteiger partial charge in [-0.15, -0.1) is 0 Å². The van der Waals surface area contributed by atoms with Gasteiger partial charge in [-0.25, -0.2) is 8.78 Å². The van der Waals surface area contributed by atoms with Gasteiger partial charge in [-0.3, -0.25) is 0 Å². The van der Waals surface area contributed by atoms with Gasteiger partial charge in [0, 0.05) is 12.0 Å². The number of nitrogens with one attached hydrogen (secondary N) is 2. The second-order valence-corrected chi connectivity index (χ2v) is 6.35. The summed E-state index contributed by atoms with van der Waals surface area (Å²) in [6, 6.07) is 5.71. The van der Waals surface area contributed by atoms with Gasteiger partial charge in [0.2, 0.25) is 0 Å². The number of halogens is 4. The molecule has 118 valence electrons. The number of piperidine rings is 1. The van der Waals surface area contributed by atoms with Crippen LogP contribution in [0.2, 0.25) is 10.0 Å². The summed E-state index contributed by atoms with van der Waals surface area (Å²) >= 11 is 12.1. The Balaban J connectivity index is 2.10. The minimum Gasteiger partial charge on any atom is -0.316 e. The Morgan fingerprint density at radius 3 is 2.71 bits per heavy atom. The molecule has 0 spiro atoms. The summed E-state index contributed by atoms with van der Waals surface area (Å²) < 4.78 is 24.4. The van der Waals surface area contributed by atoms with E-state index in [1.807, 2.05) is 18.2 Å². The number of alkyl halides is 2. The van der Waals surface area contributed by atoms with Crippen LogP contribution in [-0.4, -0.2) is 32.6 Å². The van der Waals surface area contributed by atoms with Crippen molar-refractivity contribution in [1.29, 1.82) is 0 Å². The maximum atomic E-state index is 12.2. The second-order valence-electron chi connectivity index (χ2n) is 5.53. The highest BCUT2D eigenvalue weighted by Crippen LogP contribution is 2.37. The summed E-state index contributed by atoms with van der Waals surface area (Å²) in [4.78, 5) is 0. The van der Waals surface area contributed by atoms with Gasteiger partial charge in [-0.1, -0.05) is 29.3 Å². The first kappa shape index (κ1) is 16.9. The predicted molar refractivity (Wildman–Crippen MR) is 83.7 cm³/mol. The van der Waals surface area contributed by atoms with Crippen LogP contribution in [0.1, 0.15) is 24.8 Å². The van der Waals surface area contributed by atoms with Crippen molar-refractivity contribution in [3.63, 3.8) is 0 Å². The van der Waals surface area contributed by atoms with E-state index in [0.717, 1.165) is 37.9 Å². The van der Waals surface area contributed by atoms with Gasteiger partial charge >= 0.3 is 0 Å². The molecule has 0 amide bonds. The lowest BCUT2D eigenvalue weighted by Gasteiger charge is -2.38. The highest BCUT2D eigenvalue weighted by molar-refractivity contribution is 6.42. The summed E-state index contributed by atoms with van der Waals surface area (Å²) in [5, 5.41) is 7.30. The molecule has 1 aliphatic heterocycles. The van der Waals surface area contributed by atoms with Crippen molar-refractivity contribution in [2.24, 2.45) is 0 Å². The molecule has 0 bridgehead atoms. The van der Waals surface area contributed by atoms with Gasteiger partial charge in [0.1, 0.15) is 0 Å². The molecule has 2 nitrogen and oxygen atoms in total. The number of hydrogen-bond acceptors (Lipinski definition) is 2. The molecule has 0 saturated carbocycles. The van der Waals surface area contributed by atoms with Crippen molar-refractivity contribution >= 4 is 23.2 Å². The van der Waals surface area contributed by atoms with Crippen LogP contribution in [-0.2, 0) is 5.41 Å². The van der Waals surface area contributed by atoms with E-state index in [4.69, 9.17) is 23.2 Å². The topological polar surface area (TPSA) is 24.1 Å². The van der Waals surface area contributed by atoms with E-state index in [1.54, 1.807) is 0 Å². The summed E-state index contributed by atoms with van der Waals surface area (Å²) in [6.45, 7) is 2.13. The van der Waals surface area contributed by atoms with Crippen molar-refractivity contribution in [2.75, 3.05) is 26.2 Å². The third kappa shape index (κ3) is 4.52. The van der Waals surface area contributed by atoms with Crippen molar-refractivity contribution in [3.05, 3.63) is 33.8 Å². The number of benzene rings is 1. The largest absolute Gasteiger partial charge is 0.316 e. The van der Waals surface area contributed by atoms with E-state index in [-0.39, 0.29) is 12.0 Å². The smallest absolute Gasteiger partial charge is 0.250 e. The van der Waals surface area contributed by atoms with Crippen LogP contribution in [0, 0.1) is 0 Å². The quantitative estimate of drug-likeness (QED) is 0.771. The van der Waals surface area contributed by atoms with E-state index in [2.05, 4.69) is 10.6 Å². The van der Waals surface area contributed by atoms with Crippen molar-refractivity contribution in [2.45, 2.75) is 31.1 Å². The van der Waals surface area contributed by atoms with Crippen LogP contribution >= 0.6 is 23.2 Å². The van der Waals surface area contributed by atoms with Crippen LogP contribution < -0.4 is 10.6 Å². The van der Waals surface area contributed by atoms with Gasteiger partial charge in [0.15, 0.2) is 0 Å². The maximum Gasteiger partial charge on any atom is 0.250 e. The Kier molecular flexibility index (Phi) is 6.23. The second kappa shape index (κ2) is 7.73. The first-order valence-corrected chi connectivity index (χ1v) is 7.94. The standard InChI is InChI=1S/C15H20Cl2F2N2/c16-12-3-2-11(8-13(12)17)15(4-1-6-21-10-15)5-7-20-9-14(18)19/h2-3,8,14,20-21H,1,4-7,9-10H2. The average Bonchev–Trinajstić information content (AvgIpc) is 2.47. The first-order valence-electron chi connectivity index (χ1n) is 7.19. The third-order valence-corrected chi connectivity index (χ3v) is 4.82. The van der Waals surface area contributed by atoms with Crippen LogP contribution in [0.4, 0.5) is 8.78 Å². The molecule has 0 radical (unpaired) electrons. The summed E-state index contributed by atoms with van der Waals surface area (Å²) in [7, 11) is 0. The molecule has 0 aliphatic carbocycles. The lowest BCUT2D eigenvalue weighted by molar-refractivity contribution is 0.144. The molecule has 0 aromatic heterocycles. The molecule has 1 aromatic rings. The molecule has 21 heavy (non-hydrogen) atoms. The van der Waals surface area contributed by atoms with Crippen LogP contribution in [0.3, 0.4) is 0 Å². The van der Waals surface area contributed by atoms with Gasteiger partial charge in [-0.05, 0) is 50.0 Å².